The second kappa shape index (κ2) is 7.84. The maximum atomic E-state index is 12.3. The van der Waals surface area contributed by atoms with Gasteiger partial charge in [0.15, 0.2) is 0 Å². The van der Waals surface area contributed by atoms with Gasteiger partial charge in [0.1, 0.15) is 0 Å². The molecule has 1 fully saturated rings. The Morgan fingerprint density at radius 3 is 2.50 bits per heavy atom. The number of carbonyl (C=O) groups is 2. The number of rotatable bonds is 4. The number of hydrogen-bond donors (Lipinski definition) is 1. The maximum Gasteiger partial charge on any atom is 0.227 e. The number of anilines is 1. The molecule has 0 aromatic heterocycles. The van der Waals surface area contributed by atoms with Gasteiger partial charge in [-0.2, -0.15) is 0 Å². The highest BCUT2D eigenvalue weighted by Crippen LogP contribution is 2.26. The third-order valence-corrected chi connectivity index (χ3v) is 4.61. The van der Waals surface area contributed by atoms with Crippen LogP contribution in [-0.4, -0.2) is 29.8 Å². The van der Waals surface area contributed by atoms with Crippen LogP contribution in [0.2, 0.25) is 10.0 Å². The molecule has 0 radical (unpaired) electrons. The molecular formula is C16H20Cl2N2O2. The molecule has 1 aromatic carbocycles. The molecule has 6 heteroatoms. The average molecular weight is 343 g/mol. The van der Waals surface area contributed by atoms with Gasteiger partial charge in [-0.1, -0.05) is 30.1 Å². The lowest BCUT2D eigenvalue weighted by Crippen LogP contribution is -2.41. The van der Waals surface area contributed by atoms with Gasteiger partial charge in [0.25, 0.3) is 0 Å². The second-order valence-corrected chi connectivity index (χ2v) is 6.34. The van der Waals surface area contributed by atoms with E-state index in [1.54, 1.807) is 18.2 Å². The highest BCUT2D eigenvalue weighted by molar-refractivity contribution is 6.42. The van der Waals surface area contributed by atoms with E-state index in [1.807, 2.05) is 11.8 Å². The molecule has 0 aliphatic carbocycles. The fourth-order valence-corrected chi connectivity index (χ4v) is 2.88. The lowest BCUT2D eigenvalue weighted by Gasteiger charge is -2.31. The molecule has 1 aliphatic heterocycles. The maximum absolute atomic E-state index is 12.3. The number of likely N-dealkylation sites (tertiary alicyclic amines) is 1. The highest BCUT2D eigenvalue weighted by Gasteiger charge is 2.27. The minimum absolute atomic E-state index is 0.0269. The van der Waals surface area contributed by atoms with Crippen LogP contribution in [0.3, 0.4) is 0 Å². The molecule has 4 nitrogen and oxygen atoms in total. The van der Waals surface area contributed by atoms with Crippen LogP contribution in [0.25, 0.3) is 0 Å². The van der Waals surface area contributed by atoms with Crippen molar-refractivity contribution in [1.82, 2.24) is 4.90 Å². The summed E-state index contributed by atoms with van der Waals surface area (Å²) in [6.07, 6.45) is 2.84. The van der Waals surface area contributed by atoms with Crippen molar-refractivity contribution in [3.8, 4) is 0 Å². The van der Waals surface area contributed by atoms with Crippen molar-refractivity contribution in [2.24, 2.45) is 5.92 Å². The summed E-state index contributed by atoms with van der Waals surface area (Å²) in [5.41, 5.74) is 0.642. The topological polar surface area (TPSA) is 49.4 Å². The van der Waals surface area contributed by atoms with Crippen LogP contribution in [0.15, 0.2) is 18.2 Å². The molecule has 0 spiro atoms. The Labute approximate surface area is 140 Å². The quantitative estimate of drug-likeness (QED) is 0.899. The summed E-state index contributed by atoms with van der Waals surface area (Å²) in [6.45, 7) is 3.30. The van der Waals surface area contributed by atoms with E-state index in [4.69, 9.17) is 23.2 Å². The number of carbonyl (C=O) groups excluding carboxylic acids is 2. The first-order valence-corrected chi connectivity index (χ1v) is 8.30. The largest absolute Gasteiger partial charge is 0.343 e. The van der Waals surface area contributed by atoms with Gasteiger partial charge >= 0.3 is 0 Å². The molecule has 1 saturated heterocycles. The third kappa shape index (κ3) is 4.37. The zero-order chi connectivity index (χ0) is 16.1. The predicted molar refractivity (Wildman–Crippen MR) is 89.3 cm³/mol. The van der Waals surface area contributed by atoms with Gasteiger partial charge in [-0.15, -0.1) is 0 Å². The first-order chi connectivity index (χ1) is 10.5. The van der Waals surface area contributed by atoms with E-state index in [-0.39, 0.29) is 17.7 Å². The number of piperidine rings is 1. The zero-order valence-electron chi connectivity index (χ0n) is 12.6. The van der Waals surface area contributed by atoms with E-state index in [0.717, 1.165) is 6.42 Å². The van der Waals surface area contributed by atoms with Crippen molar-refractivity contribution in [3.05, 3.63) is 28.2 Å². The molecule has 0 saturated carbocycles. The van der Waals surface area contributed by atoms with E-state index in [9.17, 15) is 9.59 Å². The molecule has 22 heavy (non-hydrogen) atoms. The number of amides is 2. The van der Waals surface area contributed by atoms with Crippen molar-refractivity contribution in [3.63, 3.8) is 0 Å². The minimum Gasteiger partial charge on any atom is -0.343 e. The second-order valence-electron chi connectivity index (χ2n) is 5.52. The van der Waals surface area contributed by atoms with Gasteiger partial charge in [0.05, 0.1) is 10.0 Å². The minimum atomic E-state index is -0.0693. The van der Waals surface area contributed by atoms with Crippen molar-refractivity contribution < 1.29 is 9.59 Å². The van der Waals surface area contributed by atoms with Gasteiger partial charge in [0.2, 0.25) is 11.8 Å². The fourth-order valence-electron chi connectivity index (χ4n) is 2.58. The Bertz CT molecular complexity index is 555. The molecule has 1 N–H and O–H groups in total. The number of halogens is 2. The predicted octanol–water partition coefficient (Wildman–Crippen LogP) is 3.97. The first-order valence-electron chi connectivity index (χ1n) is 7.55. The van der Waals surface area contributed by atoms with Crippen molar-refractivity contribution >= 4 is 40.7 Å². The van der Waals surface area contributed by atoms with Gasteiger partial charge < -0.3 is 10.2 Å². The van der Waals surface area contributed by atoms with Crippen molar-refractivity contribution in [1.29, 1.82) is 0 Å². The average Bonchev–Trinajstić information content (AvgIpc) is 2.51. The lowest BCUT2D eigenvalue weighted by molar-refractivity contribution is -0.134. The van der Waals surface area contributed by atoms with Gasteiger partial charge in [-0.05, 0) is 37.5 Å². The van der Waals surface area contributed by atoms with Crippen molar-refractivity contribution in [2.75, 3.05) is 18.4 Å². The summed E-state index contributed by atoms with van der Waals surface area (Å²) in [4.78, 5) is 26.0. The Morgan fingerprint density at radius 1 is 1.23 bits per heavy atom. The summed E-state index contributed by atoms with van der Waals surface area (Å²) in [5, 5.41) is 3.74. The van der Waals surface area contributed by atoms with Crippen LogP contribution < -0.4 is 5.32 Å². The summed E-state index contributed by atoms with van der Waals surface area (Å²) in [5.74, 6) is 0.0898. The summed E-state index contributed by atoms with van der Waals surface area (Å²) in [6, 6.07) is 5.03. The van der Waals surface area contributed by atoms with E-state index in [0.29, 0.717) is 48.1 Å². The number of nitrogens with one attached hydrogen (secondary N) is 1. The molecule has 0 atom stereocenters. The Balaban J connectivity index is 1.87. The standard InChI is InChI=1S/C16H20Cl2N2O2/c1-2-3-15(21)20-8-6-11(7-9-20)16(22)19-12-4-5-13(17)14(18)10-12/h4-5,10-11H,2-3,6-9H2,1H3,(H,19,22). The number of nitrogens with zero attached hydrogens (tertiary/aromatic N) is 1. The SMILES string of the molecule is CCCC(=O)N1CCC(C(=O)Nc2ccc(Cl)c(Cl)c2)CC1. The molecule has 0 unspecified atom stereocenters. The monoisotopic (exact) mass is 342 g/mol. The van der Waals surface area contributed by atoms with Crippen LogP contribution in [-0.2, 0) is 9.59 Å². The van der Waals surface area contributed by atoms with E-state index in [2.05, 4.69) is 5.32 Å². The van der Waals surface area contributed by atoms with Crippen molar-refractivity contribution in [2.45, 2.75) is 32.6 Å². The van der Waals surface area contributed by atoms with Crippen LogP contribution in [0.5, 0.6) is 0 Å². The zero-order valence-corrected chi connectivity index (χ0v) is 14.1. The number of benzene rings is 1. The van der Waals surface area contributed by atoms with Gasteiger partial charge in [-0.25, -0.2) is 0 Å². The van der Waals surface area contributed by atoms with Crippen LogP contribution in [0.4, 0.5) is 5.69 Å². The lowest BCUT2D eigenvalue weighted by atomic mass is 9.95. The van der Waals surface area contributed by atoms with Crippen LogP contribution in [0, 0.1) is 5.92 Å². The van der Waals surface area contributed by atoms with Gasteiger partial charge in [0, 0.05) is 31.1 Å². The molecule has 1 heterocycles. The van der Waals surface area contributed by atoms with E-state index < -0.39 is 0 Å². The smallest absolute Gasteiger partial charge is 0.227 e. The Kier molecular flexibility index (Phi) is 6.09. The molecule has 2 rings (SSSR count). The molecule has 1 aromatic rings. The van der Waals surface area contributed by atoms with E-state index in [1.165, 1.54) is 0 Å². The normalized spacial score (nSPS) is 15.7. The summed E-state index contributed by atoms with van der Waals surface area (Å²) < 4.78 is 0. The number of hydrogen-bond acceptors (Lipinski definition) is 2. The highest BCUT2D eigenvalue weighted by atomic mass is 35.5. The first kappa shape index (κ1) is 17.1. The molecule has 2 amide bonds. The Morgan fingerprint density at radius 2 is 1.91 bits per heavy atom. The summed E-state index contributed by atoms with van der Waals surface area (Å²) >= 11 is 11.8. The molecule has 120 valence electrons. The van der Waals surface area contributed by atoms with Crippen LogP contribution >= 0.6 is 23.2 Å². The van der Waals surface area contributed by atoms with E-state index >= 15 is 0 Å². The van der Waals surface area contributed by atoms with Crippen LogP contribution in [0.1, 0.15) is 32.6 Å². The fraction of sp³-hybridized carbons (Fsp3) is 0.500. The molecule has 1 aliphatic rings. The molecular weight excluding hydrogens is 323 g/mol. The third-order valence-electron chi connectivity index (χ3n) is 3.87. The Hall–Kier alpha value is -1.26. The molecule has 0 bridgehead atoms. The summed E-state index contributed by atoms with van der Waals surface area (Å²) in [7, 11) is 0. The van der Waals surface area contributed by atoms with Gasteiger partial charge in [-0.3, -0.25) is 9.59 Å².